The molecule has 5 nitrogen and oxygen atoms in total. The lowest BCUT2D eigenvalue weighted by molar-refractivity contribution is -0.111. The zero-order valence-corrected chi connectivity index (χ0v) is 14.0. The van der Waals surface area contributed by atoms with E-state index in [0.29, 0.717) is 22.0 Å². The van der Waals surface area contributed by atoms with Gasteiger partial charge in [0.2, 0.25) is 5.91 Å². The zero-order valence-electron chi connectivity index (χ0n) is 13.2. The van der Waals surface area contributed by atoms with Crippen LogP contribution in [0.5, 0.6) is 5.75 Å². The highest BCUT2D eigenvalue weighted by Gasteiger charge is 2.10. The summed E-state index contributed by atoms with van der Waals surface area (Å²) in [5, 5.41) is 2.96. The Labute approximate surface area is 144 Å². The summed E-state index contributed by atoms with van der Waals surface area (Å²) in [4.78, 5) is 23.6. The van der Waals surface area contributed by atoms with Gasteiger partial charge in [-0.05, 0) is 42.0 Å². The van der Waals surface area contributed by atoms with Crippen LogP contribution < -0.4 is 10.1 Å². The number of anilines is 1. The third-order valence-corrected chi connectivity index (χ3v) is 3.50. The summed E-state index contributed by atoms with van der Waals surface area (Å²) >= 11 is 6.04. The lowest BCUT2D eigenvalue weighted by Crippen LogP contribution is -2.09. The van der Waals surface area contributed by atoms with Crippen LogP contribution >= 0.6 is 11.6 Å². The Balaban J connectivity index is 2.11. The Bertz CT molecular complexity index is 786. The van der Waals surface area contributed by atoms with Crippen LogP contribution in [0.2, 0.25) is 5.02 Å². The first-order valence-corrected chi connectivity index (χ1v) is 7.42. The first kappa shape index (κ1) is 17.6. The lowest BCUT2D eigenvalue weighted by atomic mass is 10.2. The van der Waals surface area contributed by atoms with E-state index in [4.69, 9.17) is 16.3 Å². The molecule has 0 aliphatic rings. The van der Waals surface area contributed by atoms with Gasteiger partial charge in [0.25, 0.3) is 0 Å². The minimum Gasteiger partial charge on any atom is -0.497 e. The van der Waals surface area contributed by atoms with E-state index in [2.05, 4.69) is 10.1 Å². The molecule has 1 amide bonds. The highest BCUT2D eigenvalue weighted by molar-refractivity contribution is 6.34. The number of esters is 1. The zero-order chi connectivity index (χ0) is 17.5. The Morgan fingerprint density at radius 2 is 1.92 bits per heavy atom. The highest BCUT2D eigenvalue weighted by Crippen LogP contribution is 2.23. The van der Waals surface area contributed by atoms with Crippen LogP contribution in [0, 0.1) is 0 Å². The molecule has 6 heteroatoms. The number of carbonyl (C=O) groups is 2. The minimum atomic E-state index is -0.505. The van der Waals surface area contributed by atoms with Crippen LogP contribution in [-0.4, -0.2) is 26.1 Å². The van der Waals surface area contributed by atoms with Crippen molar-refractivity contribution in [1.29, 1.82) is 0 Å². The molecule has 0 atom stereocenters. The second-order valence-electron chi connectivity index (χ2n) is 4.79. The summed E-state index contributed by atoms with van der Waals surface area (Å²) in [5.74, 6) is -0.179. The molecule has 0 radical (unpaired) electrons. The maximum absolute atomic E-state index is 12.0. The Morgan fingerprint density at radius 3 is 2.62 bits per heavy atom. The predicted octanol–water partition coefficient (Wildman–Crippen LogP) is 3.79. The number of benzene rings is 2. The molecular formula is C18H16ClNO4. The van der Waals surface area contributed by atoms with E-state index in [0.717, 1.165) is 5.56 Å². The van der Waals surface area contributed by atoms with E-state index < -0.39 is 5.97 Å². The molecule has 2 aromatic carbocycles. The second kappa shape index (κ2) is 8.17. The molecule has 0 saturated carbocycles. The van der Waals surface area contributed by atoms with Crippen LogP contribution in [0.25, 0.3) is 6.08 Å². The average molecular weight is 346 g/mol. The molecule has 1 N–H and O–H groups in total. The monoisotopic (exact) mass is 345 g/mol. The van der Waals surface area contributed by atoms with Crippen molar-refractivity contribution in [3.8, 4) is 5.75 Å². The SMILES string of the molecule is COC(=O)c1ccc(Cl)c(NC(=O)/C=C/c2cccc(OC)c2)c1. The molecule has 0 aliphatic heterocycles. The largest absolute Gasteiger partial charge is 0.497 e. The number of rotatable bonds is 5. The number of carbonyl (C=O) groups excluding carboxylic acids is 2. The van der Waals surface area contributed by atoms with Crippen LogP contribution in [0.1, 0.15) is 15.9 Å². The van der Waals surface area contributed by atoms with Gasteiger partial charge < -0.3 is 14.8 Å². The molecule has 0 fully saturated rings. The van der Waals surface area contributed by atoms with Gasteiger partial charge in [-0.15, -0.1) is 0 Å². The van der Waals surface area contributed by atoms with Crippen LogP contribution in [-0.2, 0) is 9.53 Å². The predicted molar refractivity (Wildman–Crippen MR) is 93.4 cm³/mol. The van der Waals surface area contributed by atoms with Crippen molar-refractivity contribution in [1.82, 2.24) is 0 Å². The van der Waals surface area contributed by atoms with Crippen LogP contribution in [0.15, 0.2) is 48.5 Å². The molecule has 24 heavy (non-hydrogen) atoms. The third-order valence-electron chi connectivity index (χ3n) is 3.17. The summed E-state index contributed by atoms with van der Waals surface area (Å²) in [6.45, 7) is 0. The van der Waals surface area contributed by atoms with Crippen molar-refractivity contribution in [3.63, 3.8) is 0 Å². The van der Waals surface area contributed by atoms with Crippen LogP contribution in [0.4, 0.5) is 5.69 Å². The van der Waals surface area contributed by atoms with Crippen molar-refractivity contribution in [2.45, 2.75) is 0 Å². The number of methoxy groups -OCH3 is 2. The van der Waals surface area contributed by atoms with Crippen molar-refractivity contribution < 1.29 is 19.1 Å². The number of hydrogen-bond donors (Lipinski definition) is 1. The molecule has 2 aromatic rings. The quantitative estimate of drug-likeness (QED) is 0.661. The summed E-state index contributed by atoms with van der Waals surface area (Å²) < 4.78 is 9.77. The Morgan fingerprint density at radius 1 is 1.12 bits per heavy atom. The first-order chi connectivity index (χ1) is 11.5. The molecule has 0 bridgehead atoms. The summed E-state index contributed by atoms with van der Waals surface area (Å²) in [7, 11) is 2.86. The Hall–Kier alpha value is -2.79. The van der Waals surface area contributed by atoms with Gasteiger partial charge in [-0.25, -0.2) is 4.79 Å². The second-order valence-corrected chi connectivity index (χ2v) is 5.19. The minimum absolute atomic E-state index is 0.300. The van der Waals surface area contributed by atoms with Gasteiger partial charge in [-0.3, -0.25) is 4.79 Å². The number of nitrogens with one attached hydrogen (secondary N) is 1. The van der Waals surface area contributed by atoms with E-state index in [1.807, 2.05) is 18.2 Å². The summed E-state index contributed by atoms with van der Waals surface area (Å²) in [6.07, 6.45) is 3.02. The van der Waals surface area contributed by atoms with Gasteiger partial charge in [0.15, 0.2) is 0 Å². The number of halogens is 1. The van der Waals surface area contributed by atoms with Crippen LogP contribution in [0.3, 0.4) is 0 Å². The molecule has 0 heterocycles. The molecular weight excluding hydrogens is 330 g/mol. The fourth-order valence-electron chi connectivity index (χ4n) is 1.96. The normalized spacial score (nSPS) is 10.5. The van der Waals surface area contributed by atoms with Gasteiger partial charge in [-0.1, -0.05) is 23.7 Å². The van der Waals surface area contributed by atoms with Gasteiger partial charge in [0, 0.05) is 6.08 Å². The highest BCUT2D eigenvalue weighted by atomic mass is 35.5. The lowest BCUT2D eigenvalue weighted by Gasteiger charge is -2.07. The van der Waals surface area contributed by atoms with E-state index >= 15 is 0 Å². The van der Waals surface area contributed by atoms with E-state index in [9.17, 15) is 9.59 Å². The smallest absolute Gasteiger partial charge is 0.337 e. The average Bonchev–Trinajstić information content (AvgIpc) is 2.61. The summed E-state index contributed by atoms with van der Waals surface area (Å²) in [6, 6.07) is 11.8. The maximum Gasteiger partial charge on any atom is 0.337 e. The first-order valence-electron chi connectivity index (χ1n) is 7.04. The number of ether oxygens (including phenoxy) is 2. The molecule has 0 aliphatic carbocycles. The van der Waals surface area contributed by atoms with E-state index in [1.54, 1.807) is 19.3 Å². The fraction of sp³-hybridized carbons (Fsp3) is 0.111. The van der Waals surface area contributed by atoms with E-state index in [-0.39, 0.29) is 5.91 Å². The molecule has 0 unspecified atom stereocenters. The maximum atomic E-state index is 12.0. The summed E-state index contributed by atoms with van der Waals surface area (Å²) in [5.41, 5.74) is 1.45. The van der Waals surface area contributed by atoms with Crippen molar-refractivity contribution in [3.05, 3.63) is 64.7 Å². The molecule has 2 rings (SSSR count). The molecule has 0 spiro atoms. The van der Waals surface area contributed by atoms with Gasteiger partial charge >= 0.3 is 5.97 Å². The van der Waals surface area contributed by atoms with Crippen molar-refractivity contribution in [2.75, 3.05) is 19.5 Å². The number of hydrogen-bond acceptors (Lipinski definition) is 4. The molecule has 0 aromatic heterocycles. The molecule has 0 saturated heterocycles. The Kier molecular flexibility index (Phi) is 5.98. The molecule has 124 valence electrons. The fourth-order valence-corrected chi connectivity index (χ4v) is 2.12. The van der Waals surface area contributed by atoms with E-state index in [1.165, 1.54) is 31.4 Å². The standard InChI is InChI=1S/C18H16ClNO4/c1-23-14-5-3-4-12(10-14)6-9-17(21)20-16-11-13(18(22)24-2)7-8-15(16)19/h3-11H,1-2H3,(H,20,21)/b9-6+. The number of amides is 1. The van der Waals surface area contributed by atoms with Crippen molar-refractivity contribution in [2.24, 2.45) is 0 Å². The topological polar surface area (TPSA) is 64.6 Å². The van der Waals surface area contributed by atoms with Gasteiger partial charge in [-0.2, -0.15) is 0 Å². The van der Waals surface area contributed by atoms with Gasteiger partial charge in [0.05, 0.1) is 30.5 Å². The van der Waals surface area contributed by atoms with Crippen molar-refractivity contribution >= 4 is 35.2 Å². The third kappa shape index (κ3) is 4.60. The van der Waals surface area contributed by atoms with Gasteiger partial charge in [0.1, 0.15) is 5.75 Å².